The van der Waals surface area contributed by atoms with Gasteiger partial charge in [-0.2, -0.15) is 11.8 Å². The molecule has 0 aromatic heterocycles. The van der Waals surface area contributed by atoms with Crippen molar-refractivity contribution >= 4 is 17.7 Å². The van der Waals surface area contributed by atoms with Crippen molar-refractivity contribution in [2.45, 2.75) is 77.2 Å². The Morgan fingerprint density at radius 2 is 1.83 bits per heavy atom. The van der Waals surface area contributed by atoms with E-state index in [1.165, 1.54) is 56.5 Å². The van der Waals surface area contributed by atoms with Crippen molar-refractivity contribution in [3.63, 3.8) is 0 Å². The first kappa shape index (κ1) is 19.1. The number of thioether (sulfide) groups is 1. The Labute approximate surface area is 145 Å². The number of aliphatic carboxylic acids is 1. The van der Waals surface area contributed by atoms with Gasteiger partial charge in [-0.3, -0.25) is 4.79 Å². The molecule has 1 N–H and O–H groups in total. The Hall–Kier alpha value is -0.220. The van der Waals surface area contributed by atoms with Crippen LogP contribution in [0.15, 0.2) is 0 Å². The third-order valence-electron chi connectivity index (χ3n) is 5.68. The van der Waals surface area contributed by atoms with Gasteiger partial charge in [-0.1, -0.05) is 32.1 Å². The molecule has 2 aliphatic rings. The Morgan fingerprint density at radius 3 is 2.57 bits per heavy atom. The number of carboxylic acids is 1. The van der Waals surface area contributed by atoms with Gasteiger partial charge in [0, 0.05) is 6.42 Å². The van der Waals surface area contributed by atoms with Crippen LogP contribution in [0.25, 0.3) is 0 Å². The summed E-state index contributed by atoms with van der Waals surface area (Å²) in [7, 11) is 0. The molecular formula is C19H34O3S. The second-order valence-corrected chi connectivity index (χ2v) is 8.56. The van der Waals surface area contributed by atoms with E-state index in [1.54, 1.807) is 0 Å². The molecule has 0 radical (unpaired) electrons. The monoisotopic (exact) mass is 342 g/mol. The second-order valence-electron chi connectivity index (χ2n) is 7.49. The van der Waals surface area contributed by atoms with Crippen molar-refractivity contribution in [1.82, 2.24) is 0 Å². The first-order chi connectivity index (χ1) is 11.2. The maximum Gasteiger partial charge on any atom is 0.303 e. The lowest BCUT2D eigenvalue weighted by atomic mass is 9.91. The molecule has 2 rings (SSSR count). The summed E-state index contributed by atoms with van der Waals surface area (Å²) in [6.07, 6.45) is 11.9. The van der Waals surface area contributed by atoms with Gasteiger partial charge >= 0.3 is 5.97 Å². The van der Waals surface area contributed by atoms with Crippen LogP contribution in [0.2, 0.25) is 0 Å². The lowest BCUT2D eigenvalue weighted by Crippen LogP contribution is -2.25. The maximum absolute atomic E-state index is 10.5. The molecule has 0 spiro atoms. The zero-order valence-electron chi connectivity index (χ0n) is 14.7. The highest BCUT2D eigenvalue weighted by molar-refractivity contribution is 7.99. The summed E-state index contributed by atoms with van der Waals surface area (Å²) >= 11 is 2.09. The zero-order chi connectivity index (χ0) is 16.5. The molecule has 0 amide bonds. The first-order valence-corrected chi connectivity index (χ1v) is 10.7. The van der Waals surface area contributed by atoms with E-state index < -0.39 is 5.97 Å². The number of ether oxygens (including phenoxy) is 1. The summed E-state index contributed by atoms with van der Waals surface area (Å²) in [6.45, 7) is 3.23. The van der Waals surface area contributed by atoms with Crippen molar-refractivity contribution in [3.05, 3.63) is 0 Å². The molecule has 0 aromatic carbocycles. The van der Waals surface area contributed by atoms with Crippen LogP contribution < -0.4 is 0 Å². The van der Waals surface area contributed by atoms with E-state index >= 15 is 0 Å². The number of carbonyl (C=O) groups is 1. The lowest BCUT2D eigenvalue weighted by molar-refractivity contribution is -0.137. The van der Waals surface area contributed by atoms with E-state index in [9.17, 15) is 4.79 Å². The van der Waals surface area contributed by atoms with Gasteiger partial charge in [-0.15, -0.1) is 0 Å². The number of hydrogen-bond acceptors (Lipinski definition) is 3. The SMILES string of the molecule is CC(OCC1CSCC1CCCCCCC(=O)O)C1CCCC1. The molecule has 3 atom stereocenters. The molecule has 3 unspecified atom stereocenters. The molecule has 4 heteroatoms. The van der Waals surface area contributed by atoms with Crippen LogP contribution in [0.3, 0.4) is 0 Å². The zero-order valence-corrected chi connectivity index (χ0v) is 15.5. The summed E-state index contributed by atoms with van der Waals surface area (Å²) in [5.74, 6) is 4.25. The van der Waals surface area contributed by atoms with E-state index in [-0.39, 0.29) is 0 Å². The number of hydrogen-bond donors (Lipinski definition) is 1. The number of rotatable bonds is 11. The van der Waals surface area contributed by atoms with E-state index in [0.717, 1.165) is 37.2 Å². The van der Waals surface area contributed by atoms with Gasteiger partial charge in [-0.25, -0.2) is 0 Å². The molecule has 134 valence electrons. The summed E-state index contributed by atoms with van der Waals surface area (Å²) in [6, 6.07) is 0. The van der Waals surface area contributed by atoms with Gasteiger partial charge in [0.2, 0.25) is 0 Å². The molecule has 0 aromatic rings. The van der Waals surface area contributed by atoms with Gasteiger partial charge in [0.25, 0.3) is 0 Å². The molecule has 3 nitrogen and oxygen atoms in total. The fourth-order valence-electron chi connectivity index (χ4n) is 4.02. The molecule has 1 heterocycles. The minimum Gasteiger partial charge on any atom is -0.481 e. The third-order valence-corrected chi connectivity index (χ3v) is 7.01. The highest BCUT2D eigenvalue weighted by Crippen LogP contribution is 2.35. The molecular weight excluding hydrogens is 308 g/mol. The first-order valence-electron chi connectivity index (χ1n) is 9.58. The van der Waals surface area contributed by atoms with Crippen molar-refractivity contribution in [3.8, 4) is 0 Å². The van der Waals surface area contributed by atoms with Crippen LogP contribution in [0, 0.1) is 17.8 Å². The fraction of sp³-hybridized carbons (Fsp3) is 0.947. The van der Waals surface area contributed by atoms with E-state index in [0.29, 0.717) is 12.5 Å². The standard InChI is InChI=1S/C19H34O3S/c1-15(16-8-6-7-9-16)22-12-18-14-23-13-17(18)10-4-2-3-5-11-19(20)21/h15-18H,2-14H2,1H3,(H,20,21). The minimum atomic E-state index is -0.661. The Kier molecular flexibility index (Phi) is 8.81. The van der Waals surface area contributed by atoms with Crippen molar-refractivity contribution in [1.29, 1.82) is 0 Å². The average Bonchev–Trinajstić information content (AvgIpc) is 3.19. The van der Waals surface area contributed by atoms with Gasteiger partial charge < -0.3 is 9.84 Å². The number of carboxylic acid groups (broad SMARTS) is 1. The summed E-state index contributed by atoms with van der Waals surface area (Å²) in [4.78, 5) is 10.5. The van der Waals surface area contributed by atoms with Crippen molar-refractivity contribution in [2.24, 2.45) is 17.8 Å². The van der Waals surface area contributed by atoms with Crippen LogP contribution >= 0.6 is 11.8 Å². The van der Waals surface area contributed by atoms with Crippen LogP contribution in [0.4, 0.5) is 0 Å². The highest BCUT2D eigenvalue weighted by atomic mass is 32.2. The second kappa shape index (κ2) is 10.6. The van der Waals surface area contributed by atoms with Crippen LogP contribution in [0.5, 0.6) is 0 Å². The lowest BCUT2D eigenvalue weighted by Gasteiger charge is -2.24. The van der Waals surface area contributed by atoms with Crippen LogP contribution in [-0.4, -0.2) is 35.3 Å². The van der Waals surface area contributed by atoms with E-state index in [2.05, 4.69) is 18.7 Å². The van der Waals surface area contributed by atoms with E-state index in [4.69, 9.17) is 9.84 Å². The smallest absolute Gasteiger partial charge is 0.303 e. The van der Waals surface area contributed by atoms with Crippen LogP contribution in [0.1, 0.15) is 71.1 Å². The quantitative estimate of drug-likeness (QED) is 0.538. The number of unbranched alkanes of at least 4 members (excludes halogenated alkanes) is 3. The van der Waals surface area contributed by atoms with Gasteiger partial charge in [-0.05, 0) is 61.9 Å². The van der Waals surface area contributed by atoms with Gasteiger partial charge in [0.05, 0.1) is 12.7 Å². The molecule has 0 bridgehead atoms. The fourth-order valence-corrected chi connectivity index (χ4v) is 5.57. The normalized spacial score (nSPS) is 26.7. The molecule has 1 aliphatic heterocycles. The molecule has 23 heavy (non-hydrogen) atoms. The van der Waals surface area contributed by atoms with E-state index in [1.807, 2.05) is 0 Å². The van der Waals surface area contributed by atoms with Crippen molar-refractivity contribution < 1.29 is 14.6 Å². The highest BCUT2D eigenvalue weighted by Gasteiger charge is 2.29. The molecule has 1 aliphatic carbocycles. The largest absolute Gasteiger partial charge is 0.481 e. The topological polar surface area (TPSA) is 46.5 Å². The average molecular weight is 343 g/mol. The third kappa shape index (κ3) is 7.04. The summed E-state index contributed by atoms with van der Waals surface area (Å²) in [5.41, 5.74) is 0. The maximum atomic E-state index is 10.5. The Morgan fingerprint density at radius 1 is 1.13 bits per heavy atom. The molecule has 1 saturated heterocycles. The molecule has 2 fully saturated rings. The van der Waals surface area contributed by atoms with Gasteiger partial charge in [0.1, 0.15) is 0 Å². The molecule has 1 saturated carbocycles. The van der Waals surface area contributed by atoms with Gasteiger partial charge in [0.15, 0.2) is 0 Å². The van der Waals surface area contributed by atoms with Crippen molar-refractivity contribution in [2.75, 3.05) is 18.1 Å². The Balaban J connectivity index is 1.56. The summed E-state index contributed by atoms with van der Waals surface area (Å²) < 4.78 is 6.23. The summed E-state index contributed by atoms with van der Waals surface area (Å²) in [5, 5.41) is 8.64. The minimum absolute atomic E-state index is 0.328. The predicted molar refractivity (Wildman–Crippen MR) is 97.0 cm³/mol. The predicted octanol–water partition coefficient (Wildman–Crippen LogP) is 4.99. The van der Waals surface area contributed by atoms with Crippen LogP contribution in [-0.2, 0) is 9.53 Å². The Bertz CT molecular complexity index is 342.